The van der Waals surface area contributed by atoms with Gasteiger partial charge in [0, 0.05) is 22.1 Å². The fourth-order valence-electron chi connectivity index (χ4n) is 2.39. The van der Waals surface area contributed by atoms with Crippen LogP contribution in [-0.2, 0) is 17.6 Å². The number of nitrogens with one attached hydrogen (secondary N) is 3. The van der Waals surface area contributed by atoms with Crippen LogP contribution in [0.25, 0.3) is 10.9 Å². The molecule has 1 amide bonds. The number of hydrogen-bond donors (Lipinski definition) is 3. The number of amides is 1. The third-order valence-electron chi connectivity index (χ3n) is 3.60. The first-order valence-electron chi connectivity index (χ1n) is 7.74. The van der Waals surface area contributed by atoms with Gasteiger partial charge in [-0.1, -0.05) is 29.9 Å². The van der Waals surface area contributed by atoms with Gasteiger partial charge in [0.1, 0.15) is 5.01 Å². The highest BCUT2D eigenvalue weighted by atomic mass is 35.5. The topological polar surface area (TPSA) is 82.7 Å². The number of hydrogen-bond acceptors (Lipinski definition) is 5. The summed E-state index contributed by atoms with van der Waals surface area (Å²) in [5.74, 6) is -0.115. The van der Waals surface area contributed by atoms with Crippen LogP contribution in [0, 0.1) is 0 Å². The molecule has 0 aliphatic carbocycles. The standard InChI is InChI=1S/C16H18ClN5OS/c1-2-15-21-22-16(24-15)20-14(23)9-18-6-5-10-8-19-13-4-3-11(17)7-12(10)13/h3-4,7-8,18-19H,2,5-6,9H2,1H3,(H,20,22,23). The molecule has 3 N–H and O–H groups in total. The summed E-state index contributed by atoms with van der Waals surface area (Å²) in [6.07, 6.45) is 3.61. The first-order chi connectivity index (χ1) is 11.7. The Bertz CT molecular complexity index is 844. The summed E-state index contributed by atoms with van der Waals surface area (Å²) >= 11 is 7.45. The number of aryl methyl sites for hydroxylation is 1. The highest BCUT2D eigenvalue weighted by Crippen LogP contribution is 2.22. The summed E-state index contributed by atoms with van der Waals surface area (Å²) in [5.41, 5.74) is 2.24. The molecule has 0 fully saturated rings. The van der Waals surface area contributed by atoms with Crippen LogP contribution < -0.4 is 10.6 Å². The summed E-state index contributed by atoms with van der Waals surface area (Å²) < 4.78 is 0. The fraction of sp³-hybridized carbons (Fsp3) is 0.312. The highest BCUT2D eigenvalue weighted by molar-refractivity contribution is 7.15. The summed E-state index contributed by atoms with van der Waals surface area (Å²) in [6.45, 7) is 2.94. The number of rotatable bonds is 7. The molecular weight excluding hydrogens is 346 g/mol. The molecule has 2 aromatic heterocycles. The van der Waals surface area contributed by atoms with Crippen molar-refractivity contribution in [1.82, 2.24) is 20.5 Å². The van der Waals surface area contributed by atoms with Crippen LogP contribution in [0.15, 0.2) is 24.4 Å². The monoisotopic (exact) mass is 363 g/mol. The predicted octanol–water partition coefficient (Wildman–Crippen LogP) is 3.01. The molecule has 8 heteroatoms. The van der Waals surface area contributed by atoms with Gasteiger partial charge >= 0.3 is 0 Å². The lowest BCUT2D eigenvalue weighted by molar-refractivity contribution is -0.115. The quantitative estimate of drug-likeness (QED) is 0.563. The van der Waals surface area contributed by atoms with Crippen LogP contribution in [0.1, 0.15) is 17.5 Å². The van der Waals surface area contributed by atoms with E-state index in [1.807, 2.05) is 31.3 Å². The summed E-state index contributed by atoms with van der Waals surface area (Å²) in [7, 11) is 0. The molecule has 0 bridgehead atoms. The van der Waals surface area contributed by atoms with Gasteiger partial charge in [-0.25, -0.2) is 0 Å². The van der Waals surface area contributed by atoms with Crippen molar-refractivity contribution in [2.24, 2.45) is 0 Å². The largest absolute Gasteiger partial charge is 0.361 e. The maximum atomic E-state index is 11.9. The van der Waals surface area contributed by atoms with E-state index < -0.39 is 0 Å². The van der Waals surface area contributed by atoms with Crippen LogP contribution in [0.3, 0.4) is 0 Å². The van der Waals surface area contributed by atoms with E-state index in [0.717, 1.165) is 33.8 Å². The van der Waals surface area contributed by atoms with Crippen molar-refractivity contribution in [3.63, 3.8) is 0 Å². The first kappa shape index (κ1) is 16.9. The van der Waals surface area contributed by atoms with Gasteiger partial charge < -0.3 is 10.3 Å². The van der Waals surface area contributed by atoms with Crippen molar-refractivity contribution < 1.29 is 4.79 Å². The molecule has 1 aromatic carbocycles. The molecule has 3 aromatic rings. The normalized spacial score (nSPS) is 11.1. The molecule has 0 saturated carbocycles. The molecule has 24 heavy (non-hydrogen) atoms. The van der Waals surface area contributed by atoms with E-state index in [1.54, 1.807) is 0 Å². The van der Waals surface area contributed by atoms with Crippen LogP contribution >= 0.6 is 22.9 Å². The summed E-state index contributed by atoms with van der Waals surface area (Å²) in [4.78, 5) is 15.1. The van der Waals surface area contributed by atoms with Gasteiger partial charge in [-0.05, 0) is 43.1 Å². The number of nitrogens with zero attached hydrogens (tertiary/aromatic N) is 2. The molecule has 0 spiro atoms. The average molecular weight is 364 g/mol. The van der Waals surface area contributed by atoms with Crippen molar-refractivity contribution in [3.8, 4) is 0 Å². The van der Waals surface area contributed by atoms with E-state index in [9.17, 15) is 4.79 Å². The predicted molar refractivity (Wildman–Crippen MR) is 97.8 cm³/mol. The van der Waals surface area contributed by atoms with Crippen LogP contribution in [0.4, 0.5) is 5.13 Å². The Balaban J connectivity index is 1.46. The Hall–Kier alpha value is -1.96. The number of anilines is 1. The highest BCUT2D eigenvalue weighted by Gasteiger charge is 2.08. The van der Waals surface area contributed by atoms with E-state index >= 15 is 0 Å². The van der Waals surface area contributed by atoms with Gasteiger partial charge in [0.15, 0.2) is 0 Å². The molecule has 0 unspecified atom stereocenters. The molecule has 126 valence electrons. The van der Waals surface area contributed by atoms with Crippen molar-refractivity contribution in [1.29, 1.82) is 0 Å². The Morgan fingerprint density at radius 2 is 2.25 bits per heavy atom. The van der Waals surface area contributed by atoms with Crippen LogP contribution in [0.5, 0.6) is 0 Å². The zero-order chi connectivity index (χ0) is 16.9. The third kappa shape index (κ3) is 4.11. The third-order valence-corrected chi connectivity index (χ3v) is 4.82. The summed E-state index contributed by atoms with van der Waals surface area (Å²) in [5, 5.41) is 17.1. The van der Waals surface area contributed by atoms with Gasteiger partial charge in [-0.3, -0.25) is 10.1 Å². The zero-order valence-electron chi connectivity index (χ0n) is 13.2. The Morgan fingerprint density at radius 3 is 3.04 bits per heavy atom. The van der Waals surface area contributed by atoms with Gasteiger partial charge in [0.2, 0.25) is 11.0 Å². The van der Waals surface area contributed by atoms with E-state index in [0.29, 0.717) is 11.7 Å². The van der Waals surface area contributed by atoms with Gasteiger partial charge in [-0.2, -0.15) is 0 Å². The van der Waals surface area contributed by atoms with Gasteiger partial charge in [0.25, 0.3) is 0 Å². The number of aromatic nitrogens is 3. The molecule has 0 aliphatic rings. The van der Waals surface area contributed by atoms with E-state index in [2.05, 4.69) is 25.8 Å². The Morgan fingerprint density at radius 1 is 1.38 bits per heavy atom. The number of benzene rings is 1. The smallest absolute Gasteiger partial charge is 0.240 e. The number of carbonyl (C=O) groups is 1. The minimum atomic E-state index is -0.115. The average Bonchev–Trinajstić information content (AvgIpc) is 3.18. The second kappa shape index (κ2) is 7.74. The van der Waals surface area contributed by atoms with Gasteiger partial charge in [0.05, 0.1) is 6.54 Å². The lowest BCUT2D eigenvalue weighted by atomic mass is 10.1. The van der Waals surface area contributed by atoms with Crippen molar-refractivity contribution in [2.45, 2.75) is 19.8 Å². The maximum absolute atomic E-state index is 11.9. The minimum absolute atomic E-state index is 0.115. The maximum Gasteiger partial charge on any atom is 0.240 e. The number of fused-ring (bicyclic) bond motifs is 1. The molecule has 6 nitrogen and oxygen atoms in total. The number of halogens is 1. The second-order valence-corrected chi connectivity index (χ2v) is 6.83. The minimum Gasteiger partial charge on any atom is -0.361 e. The first-order valence-corrected chi connectivity index (χ1v) is 8.93. The van der Waals surface area contributed by atoms with Crippen molar-refractivity contribution in [3.05, 3.63) is 40.0 Å². The van der Waals surface area contributed by atoms with Crippen LogP contribution in [-0.4, -0.2) is 34.2 Å². The lowest BCUT2D eigenvalue weighted by Crippen LogP contribution is -2.29. The van der Waals surface area contributed by atoms with Gasteiger partial charge in [-0.15, -0.1) is 10.2 Å². The Kier molecular flexibility index (Phi) is 5.44. The second-order valence-electron chi connectivity index (χ2n) is 5.33. The van der Waals surface area contributed by atoms with Crippen molar-refractivity contribution in [2.75, 3.05) is 18.4 Å². The Labute approximate surface area is 148 Å². The zero-order valence-corrected chi connectivity index (χ0v) is 14.8. The number of H-pyrrole nitrogens is 1. The lowest BCUT2D eigenvalue weighted by Gasteiger charge is -2.04. The molecule has 0 atom stereocenters. The molecule has 0 radical (unpaired) electrons. The summed E-state index contributed by atoms with van der Waals surface area (Å²) in [6, 6.07) is 5.79. The molecular formula is C16H18ClN5OS. The number of carbonyl (C=O) groups excluding carboxylic acids is 1. The molecule has 0 saturated heterocycles. The SMILES string of the molecule is CCc1nnc(NC(=O)CNCCc2c[nH]c3ccc(Cl)cc23)s1. The van der Waals surface area contributed by atoms with E-state index in [-0.39, 0.29) is 12.5 Å². The van der Waals surface area contributed by atoms with E-state index in [1.165, 1.54) is 16.9 Å². The van der Waals surface area contributed by atoms with Crippen molar-refractivity contribution >= 4 is 44.9 Å². The van der Waals surface area contributed by atoms with E-state index in [4.69, 9.17) is 11.6 Å². The molecule has 3 rings (SSSR count). The fourth-order valence-corrected chi connectivity index (χ4v) is 3.26. The van der Waals surface area contributed by atoms with Crippen LogP contribution in [0.2, 0.25) is 5.02 Å². The number of aromatic amines is 1. The molecule has 0 aliphatic heterocycles. The molecule has 2 heterocycles.